The van der Waals surface area contributed by atoms with Crippen LogP contribution in [0.2, 0.25) is 0 Å². The summed E-state index contributed by atoms with van der Waals surface area (Å²) in [5.74, 6) is -1.16. The van der Waals surface area contributed by atoms with Crippen molar-refractivity contribution in [3.8, 4) is 0 Å². The fourth-order valence-corrected chi connectivity index (χ4v) is 3.82. The van der Waals surface area contributed by atoms with Gasteiger partial charge >= 0.3 is 11.9 Å². The van der Waals surface area contributed by atoms with Crippen LogP contribution in [0.25, 0.3) is 20.2 Å². The second kappa shape index (κ2) is 10.3. The number of ether oxygens (including phenoxy) is 3. The van der Waals surface area contributed by atoms with Crippen LogP contribution in [0, 0.1) is 0 Å². The molecule has 0 saturated carbocycles. The molecule has 0 aliphatic carbocycles. The van der Waals surface area contributed by atoms with Gasteiger partial charge in [0.05, 0.1) is 18.8 Å². The van der Waals surface area contributed by atoms with Crippen LogP contribution < -0.4 is 5.43 Å². The fourth-order valence-electron chi connectivity index (χ4n) is 2.77. The molecule has 0 saturated heterocycles. The highest BCUT2D eigenvalue weighted by Crippen LogP contribution is 2.25. The third-order valence-corrected chi connectivity index (χ3v) is 5.49. The smallest absolute Gasteiger partial charge is 0.338 e. The number of aliphatic hydroxyl groups is 1. The predicted octanol–water partition coefficient (Wildman–Crippen LogP) is 3.07. The van der Waals surface area contributed by atoms with E-state index < -0.39 is 18.0 Å². The van der Waals surface area contributed by atoms with Gasteiger partial charge in [-0.2, -0.15) is 0 Å². The van der Waals surface area contributed by atoms with Crippen LogP contribution in [0.15, 0.2) is 59.4 Å². The van der Waals surface area contributed by atoms with Crippen molar-refractivity contribution in [3.63, 3.8) is 0 Å². The molecule has 3 rings (SSSR count). The van der Waals surface area contributed by atoms with Gasteiger partial charge in [0.1, 0.15) is 19.3 Å². The van der Waals surface area contributed by atoms with Gasteiger partial charge < -0.3 is 19.3 Å². The molecule has 1 atom stereocenters. The summed E-state index contributed by atoms with van der Waals surface area (Å²) in [7, 11) is 0. The molecule has 31 heavy (non-hydrogen) atoms. The summed E-state index contributed by atoms with van der Waals surface area (Å²) >= 11 is 1.48. The fraction of sp³-hybridized carbons (Fsp3) is 0.261. The first kappa shape index (κ1) is 22.6. The van der Waals surface area contributed by atoms with Gasteiger partial charge in [-0.15, -0.1) is 11.3 Å². The molecule has 0 aliphatic rings. The van der Waals surface area contributed by atoms with E-state index >= 15 is 0 Å². The van der Waals surface area contributed by atoms with Crippen LogP contribution in [0.3, 0.4) is 0 Å². The number of rotatable bonds is 9. The van der Waals surface area contributed by atoms with Gasteiger partial charge in [-0.3, -0.25) is 4.79 Å². The number of hydrogen-bond acceptors (Lipinski definition) is 8. The number of carbonyl (C=O) groups excluding carboxylic acids is 2. The molecule has 1 N–H and O–H groups in total. The van der Waals surface area contributed by atoms with Crippen LogP contribution >= 0.6 is 11.3 Å². The lowest BCUT2D eigenvalue weighted by molar-refractivity contribution is -0.140. The normalized spacial score (nSPS) is 11.9. The molecular weight excluding hydrogens is 420 g/mol. The summed E-state index contributed by atoms with van der Waals surface area (Å²) in [5.41, 5.74) is 0.380. The van der Waals surface area contributed by atoms with Crippen LogP contribution in [0.5, 0.6) is 0 Å². The van der Waals surface area contributed by atoms with Gasteiger partial charge in [0.2, 0.25) is 0 Å². The van der Waals surface area contributed by atoms with Crippen LogP contribution in [-0.4, -0.2) is 49.6 Å². The van der Waals surface area contributed by atoms with Crippen molar-refractivity contribution >= 4 is 43.4 Å². The van der Waals surface area contributed by atoms with Gasteiger partial charge in [-0.1, -0.05) is 18.7 Å². The molecule has 3 aromatic rings. The first-order valence-electron chi connectivity index (χ1n) is 9.58. The molecule has 0 aliphatic heterocycles. The van der Waals surface area contributed by atoms with E-state index in [9.17, 15) is 19.5 Å². The maximum absolute atomic E-state index is 12.7. The number of carbonyl (C=O) groups is 2. The lowest BCUT2D eigenvalue weighted by atomic mass is 10.1. The number of esters is 2. The van der Waals surface area contributed by atoms with E-state index in [4.69, 9.17) is 14.2 Å². The quantitative estimate of drug-likeness (QED) is 0.235. The average Bonchev–Trinajstić information content (AvgIpc) is 2.77. The highest BCUT2D eigenvalue weighted by Gasteiger charge is 2.14. The van der Waals surface area contributed by atoms with Gasteiger partial charge in [-0.05, 0) is 37.3 Å². The van der Waals surface area contributed by atoms with Crippen molar-refractivity contribution in [3.05, 3.63) is 70.4 Å². The third kappa shape index (κ3) is 5.75. The Morgan fingerprint density at radius 3 is 2.55 bits per heavy atom. The molecule has 2 aromatic carbocycles. The summed E-state index contributed by atoms with van der Waals surface area (Å²) in [5, 5.41) is 11.0. The molecular formula is C23H22O7S. The van der Waals surface area contributed by atoms with E-state index in [1.54, 1.807) is 24.3 Å². The van der Waals surface area contributed by atoms with Gasteiger partial charge in [0.25, 0.3) is 0 Å². The number of hydrogen-bond donors (Lipinski definition) is 1. The van der Waals surface area contributed by atoms with Crippen LogP contribution in [0.4, 0.5) is 0 Å². The maximum Gasteiger partial charge on any atom is 0.338 e. The summed E-state index contributed by atoms with van der Waals surface area (Å²) in [6, 6.07) is 12.1. The van der Waals surface area contributed by atoms with Gasteiger partial charge in [0.15, 0.2) is 5.43 Å². The standard InChI is InChI=1S/C23H22O7S/c1-14(2)22(26)29-10-9-28-12-16(24)13-30-23(27)15-7-8-20-18(11-15)21(25)17-5-3-4-6-19(17)31-20/h3-8,11,16,24H,1,9-10,12-13H2,2H3. The Labute approximate surface area is 182 Å². The molecule has 1 unspecified atom stereocenters. The summed E-state index contributed by atoms with van der Waals surface area (Å²) < 4.78 is 16.8. The Hall–Kier alpha value is -3.07. The maximum atomic E-state index is 12.7. The molecule has 0 amide bonds. The Morgan fingerprint density at radius 1 is 1.03 bits per heavy atom. The zero-order chi connectivity index (χ0) is 22.4. The molecule has 1 aromatic heterocycles. The van der Waals surface area contributed by atoms with Crippen molar-refractivity contribution in [2.75, 3.05) is 26.4 Å². The lowest BCUT2D eigenvalue weighted by Crippen LogP contribution is -2.25. The molecule has 8 heteroatoms. The minimum atomic E-state index is -1.04. The summed E-state index contributed by atoms with van der Waals surface area (Å²) in [6.07, 6.45) is -1.04. The van der Waals surface area contributed by atoms with E-state index in [0.29, 0.717) is 16.3 Å². The molecule has 0 radical (unpaired) electrons. The van der Waals surface area contributed by atoms with Crippen molar-refractivity contribution < 1.29 is 28.9 Å². The van der Waals surface area contributed by atoms with Crippen LogP contribution in [0.1, 0.15) is 17.3 Å². The van der Waals surface area contributed by atoms with E-state index in [1.165, 1.54) is 24.3 Å². The topological polar surface area (TPSA) is 99.1 Å². The first-order valence-corrected chi connectivity index (χ1v) is 10.4. The summed E-state index contributed by atoms with van der Waals surface area (Å²) in [4.78, 5) is 36.3. The van der Waals surface area contributed by atoms with Gasteiger partial charge in [0, 0.05) is 25.7 Å². The predicted molar refractivity (Wildman–Crippen MR) is 118 cm³/mol. The number of fused-ring (bicyclic) bond motifs is 2. The largest absolute Gasteiger partial charge is 0.460 e. The average molecular weight is 442 g/mol. The minimum absolute atomic E-state index is 0.0303. The molecule has 1 heterocycles. The van der Waals surface area contributed by atoms with E-state index in [0.717, 1.165) is 9.40 Å². The molecule has 7 nitrogen and oxygen atoms in total. The SMILES string of the molecule is C=C(C)C(=O)OCCOCC(O)COC(=O)c1ccc2sc3ccccc3c(=O)c2c1. The number of benzene rings is 2. The lowest BCUT2D eigenvalue weighted by Gasteiger charge is -2.12. The molecule has 0 spiro atoms. The highest BCUT2D eigenvalue weighted by atomic mass is 32.1. The molecule has 0 fully saturated rings. The Morgan fingerprint density at radius 2 is 1.77 bits per heavy atom. The first-order chi connectivity index (χ1) is 14.9. The van der Waals surface area contributed by atoms with Gasteiger partial charge in [-0.25, -0.2) is 9.59 Å². The minimum Gasteiger partial charge on any atom is -0.460 e. The van der Waals surface area contributed by atoms with E-state index in [1.807, 2.05) is 12.1 Å². The molecule has 0 bridgehead atoms. The second-order valence-electron chi connectivity index (χ2n) is 6.88. The van der Waals surface area contributed by atoms with Crippen molar-refractivity contribution in [1.29, 1.82) is 0 Å². The third-order valence-electron chi connectivity index (χ3n) is 4.34. The highest BCUT2D eigenvalue weighted by molar-refractivity contribution is 7.24. The monoisotopic (exact) mass is 442 g/mol. The second-order valence-corrected chi connectivity index (χ2v) is 7.97. The number of aliphatic hydroxyl groups excluding tert-OH is 1. The van der Waals surface area contributed by atoms with E-state index in [-0.39, 0.29) is 37.4 Å². The zero-order valence-corrected chi connectivity index (χ0v) is 17.8. The Bertz CT molecular complexity index is 1180. The van der Waals surface area contributed by atoms with E-state index in [2.05, 4.69) is 6.58 Å². The van der Waals surface area contributed by atoms with Crippen LogP contribution in [-0.2, 0) is 19.0 Å². The van der Waals surface area contributed by atoms with Crippen molar-refractivity contribution in [1.82, 2.24) is 0 Å². The summed E-state index contributed by atoms with van der Waals surface area (Å²) in [6.45, 7) is 4.76. The van der Waals surface area contributed by atoms with Crippen molar-refractivity contribution in [2.45, 2.75) is 13.0 Å². The Balaban J connectivity index is 1.54. The zero-order valence-electron chi connectivity index (χ0n) is 17.0. The molecule has 162 valence electrons. The Kier molecular flexibility index (Phi) is 7.51. The van der Waals surface area contributed by atoms with Crippen molar-refractivity contribution in [2.24, 2.45) is 0 Å².